The van der Waals surface area contributed by atoms with Gasteiger partial charge in [0.05, 0.1) is 11.9 Å². The molecule has 0 spiro atoms. The van der Waals surface area contributed by atoms with Crippen molar-refractivity contribution in [1.82, 2.24) is 0 Å². The molecular formula is C8H18O5S. The molecular weight excluding hydrogens is 208 g/mol. The van der Waals surface area contributed by atoms with E-state index in [0.29, 0.717) is 19.3 Å². The van der Waals surface area contributed by atoms with Crippen LogP contribution in [-0.2, 0) is 10.1 Å². The van der Waals surface area contributed by atoms with E-state index in [4.69, 9.17) is 9.66 Å². The fraction of sp³-hybridized carbons (Fsp3) is 1.00. The molecule has 0 aromatic carbocycles. The molecule has 0 aliphatic heterocycles. The van der Waals surface area contributed by atoms with Crippen LogP contribution in [0.15, 0.2) is 0 Å². The highest BCUT2D eigenvalue weighted by molar-refractivity contribution is 7.85. The minimum absolute atomic E-state index is 0.0540. The van der Waals surface area contributed by atoms with Gasteiger partial charge in [-0.25, -0.2) is 0 Å². The van der Waals surface area contributed by atoms with Gasteiger partial charge >= 0.3 is 0 Å². The molecule has 0 saturated heterocycles. The molecule has 0 amide bonds. The Balaban J connectivity index is 4.04. The maximum absolute atomic E-state index is 10.6. The van der Waals surface area contributed by atoms with Gasteiger partial charge in [-0.05, 0) is 19.8 Å². The summed E-state index contributed by atoms with van der Waals surface area (Å²) >= 11 is 0. The highest BCUT2D eigenvalue weighted by Crippen LogP contribution is 2.15. The first-order chi connectivity index (χ1) is 6.37. The van der Waals surface area contributed by atoms with Crippen molar-refractivity contribution in [2.75, 3.05) is 12.4 Å². The molecule has 2 atom stereocenters. The molecule has 2 unspecified atom stereocenters. The van der Waals surface area contributed by atoms with Crippen molar-refractivity contribution in [2.45, 2.75) is 32.3 Å². The third kappa shape index (κ3) is 7.25. The first kappa shape index (κ1) is 13.8. The number of rotatable bonds is 7. The van der Waals surface area contributed by atoms with Crippen LogP contribution in [0.25, 0.3) is 0 Å². The number of aliphatic hydroxyl groups is 2. The van der Waals surface area contributed by atoms with Crippen molar-refractivity contribution >= 4 is 10.1 Å². The van der Waals surface area contributed by atoms with Gasteiger partial charge in [0.25, 0.3) is 10.1 Å². The predicted molar refractivity (Wildman–Crippen MR) is 52.5 cm³/mol. The van der Waals surface area contributed by atoms with Gasteiger partial charge in [-0.1, -0.05) is 6.42 Å². The van der Waals surface area contributed by atoms with Crippen molar-refractivity contribution in [1.29, 1.82) is 0 Å². The van der Waals surface area contributed by atoms with Crippen LogP contribution in [-0.4, -0.2) is 41.6 Å². The summed E-state index contributed by atoms with van der Waals surface area (Å²) in [7, 11) is -4.03. The van der Waals surface area contributed by atoms with E-state index in [-0.39, 0.29) is 6.61 Å². The van der Waals surface area contributed by atoms with Crippen molar-refractivity contribution in [2.24, 2.45) is 5.92 Å². The average Bonchev–Trinajstić information content (AvgIpc) is 2.00. The van der Waals surface area contributed by atoms with Crippen LogP contribution < -0.4 is 0 Å². The maximum atomic E-state index is 10.6. The predicted octanol–water partition coefficient (Wildman–Crippen LogP) is 0.0338. The van der Waals surface area contributed by atoms with Gasteiger partial charge in [-0.15, -0.1) is 0 Å². The van der Waals surface area contributed by atoms with Gasteiger partial charge in [0.15, 0.2) is 0 Å². The van der Waals surface area contributed by atoms with E-state index in [2.05, 4.69) is 0 Å². The lowest BCUT2D eigenvalue weighted by molar-refractivity contribution is 0.127. The second kappa shape index (κ2) is 6.34. The summed E-state index contributed by atoms with van der Waals surface area (Å²) in [6, 6.07) is 0. The van der Waals surface area contributed by atoms with Crippen LogP contribution in [0.4, 0.5) is 0 Å². The molecule has 0 saturated carbocycles. The molecule has 0 fully saturated rings. The highest BCUT2D eigenvalue weighted by Gasteiger charge is 2.20. The van der Waals surface area contributed by atoms with Crippen LogP contribution in [0.3, 0.4) is 0 Å². The minimum atomic E-state index is -4.03. The van der Waals surface area contributed by atoms with E-state index in [9.17, 15) is 13.5 Å². The molecule has 6 heteroatoms. The third-order valence-corrected chi connectivity index (χ3v) is 2.94. The summed E-state index contributed by atoms with van der Waals surface area (Å²) < 4.78 is 29.8. The van der Waals surface area contributed by atoms with Crippen molar-refractivity contribution in [3.8, 4) is 0 Å². The lowest BCUT2D eigenvalue weighted by Crippen LogP contribution is -2.25. The first-order valence-corrected chi connectivity index (χ1v) is 6.22. The Bertz CT molecular complexity index is 234. The quantitative estimate of drug-likeness (QED) is 0.420. The molecule has 0 bridgehead atoms. The van der Waals surface area contributed by atoms with E-state index < -0.39 is 27.9 Å². The first-order valence-electron chi connectivity index (χ1n) is 4.61. The van der Waals surface area contributed by atoms with Gasteiger partial charge in [0.2, 0.25) is 0 Å². The maximum Gasteiger partial charge on any atom is 0.265 e. The molecule has 0 aromatic rings. The van der Waals surface area contributed by atoms with Crippen LogP contribution in [0, 0.1) is 5.92 Å². The molecule has 5 nitrogen and oxygen atoms in total. The minimum Gasteiger partial charge on any atom is -0.396 e. The Labute approximate surface area is 84.5 Å². The van der Waals surface area contributed by atoms with Gasteiger partial charge in [0.1, 0.15) is 0 Å². The Morgan fingerprint density at radius 2 is 1.86 bits per heavy atom. The molecule has 0 aliphatic carbocycles. The summed E-state index contributed by atoms with van der Waals surface area (Å²) in [5.41, 5.74) is 0. The molecule has 3 N–H and O–H groups in total. The van der Waals surface area contributed by atoms with E-state index in [1.54, 1.807) is 0 Å². The Morgan fingerprint density at radius 1 is 1.29 bits per heavy atom. The highest BCUT2D eigenvalue weighted by atomic mass is 32.2. The number of hydrogen-bond acceptors (Lipinski definition) is 4. The summed E-state index contributed by atoms with van der Waals surface area (Å²) in [5, 5.41) is 17.8. The second-order valence-corrected chi connectivity index (χ2v) is 4.97. The SMILES string of the molecule is CC(O)C(CCCCO)CS(=O)(=O)O. The lowest BCUT2D eigenvalue weighted by atomic mass is 9.99. The van der Waals surface area contributed by atoms with Gasteiger partial charge in [-0.2, -0.15) is 8.42 Å². The van der Waals surface area contributed by atoms with E-state index in [1.165, 1.54) is 6.92 Å². The van der Waals surface area contributed by atoms with Gasteiger partial charge < -0.3 is 10.2 Å². The fourth-order valence-corrected chi connectivity index (χ4v) is 2.24. The molecule has 0 aliphatic rings. The summed E-state index contributed by atoms with van der Waals surface area (Å²) in [6.07, 6.45) is 0.935. The zero-order valence-electron chi connectivity index (χ0n) is 8.26. The Morgan fingerprint density at radius 3 is 2.21 bits per heavy atom. The van der Waals surface area contributed by atoms with Crippen LogP contribution in [0.1, 0.15) is 26.2 Å². The molecule has 0 rings (SSSR count). The number of unbranched alkanes of at least 4 members (excludes halogenated alkanes) is 1. The third-order valence-electron chi connectivity index (χ3n) is 2.09. The average molecular weight is 226 g/mol. The van der Waals surface area contributed by atoms with Gasteiger partial charge in [0, 0.05) is 12.5 Å². The second-order valence-electron chi connectivity index (χ2n) is 3.47. The summed E-state index contributed by atoms with van der Waals surface area (Å²) in [5.74, 6) is -0.882. The van der Waals surface area contributed by atoms with E-state index in [0.717, 1.165) is 0 Å². The Kier molecular flexibility index (Phi) is 6.26. The fourth-order valence-electron chi connectivity index (χ4n) is 1.25. The monoisotopic (exact) mass is 226 g/mol. The topological polar surface area (TPSA) is 94.8 Å². The zero-order chi connectivity index (χ0) is 11.2. The van der Waals surface area contributed by atoms with Crippen molar-refractivity contribution in [3.63, 3.8) is 0 Å². The number of aliphatic hydroxyl groups excluding tert-OH is 2. The van der Waals surface area contributed by atoms with Crippen LogP contribution in [0.5, 0.6) is 0 Å². The standard InChI is InChI=1S/C8H18O5S/c1-7(10)8(4-2-3-5-9)6-14(11,12)13/h7-10H,2-6H2,1H3,(H,11,12,13). The molecule has 0 radical (unpaired) electrons. The zero-order valence-corrected chi connectivity index (χ0v) is 9.07. The summed E-state index contributed by atoms with van der Waals surface area (Å²) in [6.45, 7) is 1.55. The van der Waals surface area contributed by atoms with Crippen LogP contribution >= 0.6 is 0 Å². The molecule has 0 heterocycles. The lowest BCUT2D eigenvalue weighted by Gasteiger charge is -2.17. The molecule has 0 aromatic heterocycles. The number of hydrogen-bond donors (Lipinski definition) is 3. The Hall–Kier alpha value is -0.170. The summed E-state index contributed by atoms with van der Waals surface area (Å²) in [4.78, 5) is 0. The molecule has 14 heavy (non-hydrogen) atoms. The van der Waals surface area contributed by atoms with Gasteiger partial charge in [-0.3, -0.25) is 4.55 Å². The van der Waals surface area contributed by atoms with Crippen molar-refractivity contribution in [3.05, 3.63) is 0 Å². The van der Waals surface area contributed by atoms with Crippen molar-refractivity contribution < 1.29 is 23.2 Å². The largest absolute Gasteiger partial charge is 0.396 e. The van der Waals surface area contributed by atoms with E-state index in [1.807, 2.05) is 0 Å². The van der Waals surface area contributed by atoms with Crippen LogP contribution in [0.2, 0.25) is 0 Å². The normalized spacial score (nSPS) is 16.6. The van der Waals surface area contributed by atoms with E-state index >= 15 is 0 Å². The smallest absolute Gasteiger partial charge is 0.265 e. The molecule has 86 valence electrons.